The Bertz CT molecular complexity index is 1340. The lowest BCUT2D eigenvalue weighted by Crippen LogP contribution is -2.14. The van der Waals surface area contributed by atoms with Gasteiger partial charge < -0.3 is 5.32 Å². The number of rotatable bonds is 7. The van der Waals surface area contributed by atoms with E-state index in [9.17, 15) is 14.9 Å². The number of fused-ring (bicyclic) bond motifs is 1. The third-order valence-electron chi connectivity index (χ3n) is 4.97. The van der Waals surface area contributed by atoms with Crippen molar-refractivity contribution in [3.05, 3.63) is 69.8 Å². The van der Waals surface area contributed by atoms with Gasteiger partial charge in [-0.1, -0.05) is 42.1 Å². The molecule has 32 heavy (non-hydrogen) atoms. The molecule has 0 unspecified atom stereocenters. The summed E-state index contributed by atoms with van der Waals surface area (Å²) in [6.07, 6.45) is 2.22. The minimum absolute atomic E-state index is 0.000120. The molecule has 1 aliphatic rings. The maximum atomic E-state index is 12.5. The number of hydrogen-bond acceptors (Lipinski definition) is 8. The Morgan fingerprint density at radius 2 is 2.00 bits per heavy atom. The molecule has 5 rings (SSSR count). The molecule has 0 atom stereocenters. The maximum absolute atomic E-state index is 12.5. The standard InChI is InChI=1S/C22H17N5O3S2/c28-19(25-22-24-18(11-32-22)14-4-3-5-15(10-14)27(29)30)12-31-21-16-6-1-2-7-17(16)23-20(26-21)13-8-9-13/h1-7,10-11,13H,8-9,12H2,(H,24,25,28). The highest BCUT2D eigenvalue weighted by molar-refractivity contribution is 8.00. The van der Waals surface area contributed by atoms with Crippen molar-refractivity contribution in [3.63, 3.8) is 0 Å². The normalized spacial score (nSPS) is 13.2. The van der Waals surface area contributed by atoms with Gasteiger partial charge in [0.05, 0.1) is 21.9 Å². The average molecular weight is 464 g/mol. The summed E-state index contributed by atoms with van der Waals surface area (Å²) in [6.45, 7) is 0. The van der Waals surface area contributed by atoms with E-state index in [2.05, 4.69) is 15.3 Å². The lowest BCUT2D eigenvalue weighted by Gasteiger charge is -2.08. The van der Waals surface area contributed by atoms with Gasteiger partial charge in [0.15, 0.2) is 5.13 Å². The highest BCUT2D eigenvalue weighted by Gasteiger charge is 2.27. The summed E-state index contributed by atoms with van der Waals surface area (Å²) in [5.41, 5.74) is 2.11. The molecule has 2 aromatic carbocycles. The Morgan fingerprint density at radius 3 is 2.81 bits per heavy atom. The van der Waals surface area contributed by atoms with Crippen molar-refractivity contribution in [2.24, 2.45) is 0 Å². The number of thioether (sulfide) groups is 1. The number of anilines is 1. The maximum Gasteiger partial charge on any atom is 0.270 e. The quantitative estimate of drug-likeness (QED) is 0.172. The van der Waals surface area contributed by atoms with Gasteiger partial charge >= 0.3 is 0 Å². The van der Waals surface area contributed by atoms with Crippen LogP contribution in [0.2, 0.25) is 0 Å². The molecule has 1 aliphatic carbocycles. The zero-order valence-electron chi connectivity index (χ0n) is 16.7. The number of nitrogens with zero attached hydrogens (tertiary/aromatic N) is 4. The number of hydrogen-bond donors (Lipinski definition) is 1. The molecule has 1 N–H and O–H groups in total. The Morgan fingerprint density at radius 1 is 1.16 bits per heavy atom. The Balaban J connectivity index is 1.27. The van der Waals surface area contributed by atoms with Crippen LogP contribution in [-0.2, 0) is 4.79 Å². The van der Waals surface area contributed by atoms with E-state index in [0.29, 0.717) is 22.3 Å². The van der Waals surface area contributed by atoms with Crippen molar-refractivity contribution in [1.29, 1.82) is 0 Å². The number of aromatic nitrogens is 3. The number of nitrogens with one attached hydrogen (secondary N) is 1. The molecule has 1 amide bonds. The van der Waals surface area contributed by atoms with Crippen molar-refractivity contribution in [2.45, 2.75) is 23.8 Å². The van der Waals surface area contributed by atoms with Crippen molar-refractivity contribution in [2.75, 3.05) is 11.1 Å². The highest BCUT2D eigenvalue weighted by Crippen LogP contribution is 2.39. The number of amides is 1. The van der Waals surface area contributed by atoms with Crippen LogP contribution in [0, 0.1) is 10.1 Å². The van der Waals surface area contributed by atoms with Gasteiger partial charge in [0.2, 0.25) is 5.91 Å². The topological polar surface area (TPSA) is 111 Å². The van der Waals surface area contributed by atoms with Crippen molar-refractivity contribution < 1.29 is 9.72 Å². The third-order valence-corrected chi connectivity index (χ3v) is 6.72. The van der Waals surface area contributed by atoms with Crippen LogP contribution >= 0.6 is 23.1 Å². The minimum Gasteiger partial charge on any atom is -0.301 e. The first-order valence-electron chi connectivity index (χ1n) is 9.96. The number of para-hydroxylation sites is 1. The monoisotopic (exact) mass is 463 g/mol. The molecule has 10 heteroatoms. The predicted octanol–water partition coefficient (Wildman–Crippen LogP) is 5.27. The summed E-state index contributed by atoms with van der Waals surface area (Å²) in [5.74, 6) is 1.28. The van der Waals surface area contributed by atoms with E-state index in [1.807, 2.05) is 24.3 Å². The Labute approximate surface area is 191 Å². The lowest BCUT2D eigenvalue weighted by atomic mass is 10.1. The van der Waals surface area contributed by atoms with Gasteiger partial charge in [-0.3, -0.25) is 14.9 Å². The van der Waals surface area contributed by atoms with Crippen LogP contribution in [0.25, 0.3) is 22.2 Å². The van der Waals surface area contributed by atoms with E-state index in [-0.39, 0.29) is 17.3 Å². The first kappa shape index (κ1) is 20.5. The summed E-state index contributed by atoms with van der Waals surface area (Å²) in [6, 6.07) is 14.1. The van der Waals surface area contributed by atoms with Gasteiger partial charge in [-0.25, -0.2) is 15.0 Å². The number of non-ortho nitro benzene ring substituents is 1. The molecule has 8 nitrogen and oxygen atoms in total. The summed E-state index contributed by atoms with van der Waals surface area (Å²) in [4.78, 5) is 36.9. The van der Waals surface area contributed by atoms with Crippen molar-refractivity contribution >= 4 is 50.7 Å². The second-order valence-corrected chi connectivity index (χ2v) is 9.18. The van der Waals surface area contributed by atoms with Gasteiger partial charge in [-0.2, -0.15) is 0 Å². The molecule has 4 aromatic rings. The molecule has 1 fully saturated rings. The number of nitro benzene ring substituents is 1. The van der Waals surface area contributed by atoms with Gasteiger partial charge in [-0.15, -0.1) is 11.3 Å². The summed E-state index contributed by atoms with van der Waals surface area (Å²) in [5, 5.41) is 17.8. The van der Waals surface area contributed by atoms with Crippen LogP contribution in [0.4, 0.5) is 10.8 Å². The van der Waals surface area contributed by atoms with Crippen LogP contribution < -0.4 is 5.32 Å². The Hall–Kier alpha value is -3.37. The number of carbonyl (C=O) groups is 1. The van der Waals surface area contributed by atoms with E-state index in [1.165, 1.54) is 35.2 Å². The highest BCUT2D eigenvalue weighted by atomic mass is 32.2. The summed E-state index contributed by atoms with van der Waals surface area (Å²) >= 11 is 2.66. The van der Waals surface area contributed by atoms with Crippen LogP contribution in [0.1, 0.15) is 24.6 Å². The molecule has 1 saturated carbocycles. The van der Waals surface area contributed by atoms with Gasteiger partial charge in [0.1, 0.15) is 10.9 Å². The largest absolute Gasteiger partial charge is 0.301 e. The predicted molar refractivity (Wildman–Crippen MR) is 125 cm³/mol. The zero-order valence-corrected chi connectivity index (χ0v) is 18.4. The first-order chi connectivity index (χ1) is 15.6. The van der Waals surface area contributed by atoms with Crippen LogP contribution in [0.3, 0.4) is 0 Å². The van der Waals surface area contributed by atoms with Crippen molar-refractivity contribution in [1.82, 2.24) is 15.0 Å². The molecule has 2 heterocycles. The number of thiazole rings is 1. The number of benzene rings is 2. The van der Waals surface area contributed by atoms with Crippen molar-refractivity contribution in [3.8, 4) is 11.3 Å². The fraction of sp³-hybridized carbons (Fsp3) is 0.182. The van der Waals surface area contributed by atoms with Crippen LogP contribution in [-0.4, -0.2) is 31.5 Å². The van der Waals surface area contributed by atoms with Crippen LogP contribution in [0.5, 0.6) is 0 Å². The fourth-order valence-corrected chi connectivity index (χ4v) is 4.79. The first-order valence-corrected chi connectivity index (χ1v) is 11.8. The lowest BCUT2D eigenvalue weighted by molar-refractivity contribution is -0.384. The van der Waals surface area contributed by atoms with E-state index < -0.39 is 4.92 Å². The van der Waals surface area contributed by atoms with Gasteiger partial charge in [-0.05, 0) is 18.9 Å². The third kappa shape index (κ3) is 4.46. The summed E-state index contributed by atoms with van der Waals surface area (Å²) in [7, 11) is 0. The minimum atomic E-state index is -0.443. The number of carbonyl (C=O) groups excluding carboxylic acids is 1. The van der Waals surface area contributed by atoms with Gasteiger partial charge in [0, 0.05) is 34.4 Å². The van der Waals surface area contributed by atoms with E-state index in [4.69, 9.17) is 4.98 Å². The molecule has 2 aromatic heterocycles. The molecule has 160 valence electrons. The second kappa shape index (κ2) is 8.64. The molecule has 0 saturated heterocycles. The average Bonchev–Trinajstić information content (AvgIpc) is 3.56. The molecular formula is C22H17N5O3S2. The SMILES string of the molecule is O=C(CSc1nc(C2CC2)nc2ccccc12)Nc1nc(-c2cccc([N+](=O)[O-])c2)cs1. The summed E-state index contributed by atoms with van der Waals surface area (Å²) < 4.78 is 0. The van der Waals surface area contributed by atoms with E-state index in [1.54, 1.807) is 17.5 Å². The van der Waals surface area contributed by atoms with Crippen LogP contribution in [0.15, 0.2) is 58.9 Å². The number of nitro groups is 1. The molecule has 0 spiro atoms. The zero-order chi connectivity index (χ0) is 22.1. The van der Waals surface area contributed by atoms with E-state index in [0.717, 1.165) is 34.6 Å². The van der Waals surface area contributed by atoms with E-state index >= 15 is 0 Å². The molecule has 0 radical (unpaired) electrons. The molecular weight excluding hydrogens is 446 g/mol. The smallest absolute Gasteiger partial charge is 0.270 e. The molecule has 0 bridgehead atoms. The second-order valence-electron chi connectivity index (χ2n) is 7.36. The Kier molecular flexibility index (Phi) is 5.54. The van der Waals surface area contributed by atoms with Gasteiger partial charge in [0.25, 0.3) is 5.69 Å². The fourth-order valence-electron chi connectivity index (χ4n) is 3.23. The molecule has 0 aliphatic heterocycles.